The molecule has 0 aromatic carbocycles. The molecule has 0 aliphatic heterocycles. The molecule has 3 aliphatic carbocycles. The van der Waals surface area contributed by atoms with Gasteiger partial charge in [0.1, 0.15) is 5.60 Å². The predicted molar refractivity (Wildman–Crippen MR) is 75.9 cm³/mol. The molecular formula is C15H24N2O2. The Morgan fingerprint density at radius 1 is 1.53 bits per heavy atom. The summed E-state index contributed by atoms with van der Waals surface area (Å²) >= 11 is 0. The first-order valence-corrected chi connectivity index (χ1v) is 6.92. The van der Waals surface area contributed by atoms with E-state index in [4.69, 9.17) is 4.74 Å². The molecule has 0 radical (unpaired) electrons. The Balaban J connectivity index is 1.87. The molecule has 2 atom stereocenters. The largest absolute Gasteiger partial charge is 0.443 e. The summed E-state index contributed by atoms with van der Waals surface area (Å²) in [6.07, 6.45) is 5.87. The summed E-state index contributed by atoms with van der Waals surface area (Å²) < 4.78 is 5.12. The first kappa shape index (κ1) is 14.1. The minimum absolute atomic E-state index is 0.377. The molecule has 0 saturated heterocycles. The molecule has 2 bridgehead atoms. The number of amides is 1. The number of carbonyl (C=O) groups excluding carboxylic acids is 1. The van der Waals surface area contributed by atoms with E-state index in [0.29, 0.717) is 11.3 Å². The van der Waals surface area contributed by atoms with E-state index in [-0.39, 0.29) is 0 Å². The lowest BCUT2D eigenvalue weighted by Crippen LogP contribution is -2.48. The number of fused-ring (bicyclic) bond motifs is 1. The molecule has 0 aromatic rings. The van der Waals surface area contributed by atoms with Crippen molar-refractivity contribution in [1.82, 2.24) is 5.43 Å². The van der Waals surface area contributed by atoms with Gasteiger partial charge in [0.2, 0.25) is 0 Å². The fraction of sp³-hybridized carbons (Fsp3) is 0.733. The third-order valence-electron chi connectivity index (χ3n) is 4.28. The van der Waals surface area contributed by atoms with Gasteiger partial charge in [-0.05, 0) is 56.4 Å². The Kier molecular flexibility index (Phi) is 3.45. The molecule has 4 heteroatoms. The van der Waals surface area contributed by atoms with Crippen molar-refractivity contribution in [1.29, 1.82) is 0 Å². The highest BCUT2D eigenvalue weighted by atomic mass is 16.6. The summed E-state index contributed by atoms with van der Waals surface area (Å²) in [4.78, 5) is 11.5. The number of allylic oxidation sites excluding steroid dienone is 2. The first-order valence-electron chi connectivity index (χ1n) is 6.92. The predicted octanol–water partition coefficient (Wildman–Crippen LogP) is 3.49. The van der Waals surface area contributed by atoms with E-state index in [0.717, 1.165) is 12.3 Å². The number of hydrazone groups is 1. The SMILES string of the molecule is CC(C)(C)OC(=O)NN=CC1=CC[C@H]2C[C@H]1C2(C)C. The Hall–Kier alpha value is -1.32. The van der Waals surface area contributed by atoms with Crippen molar-refractivity contribution >= 4 is 12.3 Å². The highest BCUT2D eigenvalue weighted by molar-refractivity contribution is 5.81. The minimum atomic E-state index is -0.508. The molecule has 3 aliphatic rings. The van der Waals surface area contributed by atoms with E-state index in [2.05, 4.69) is 30.5 Å². The Bertz CT molecular complexity index is 430. The van der Waals surface area contributed by atoms with Crippen molar-refractivity contribution in [3.05, 3.63) is 11.6 Å². The molecule has 3 rings (SSSR count). The van der Waals surface area contributed by atoms with Crippen LogP contribution >= 0.6 is 0 Å². The fourth-order valence-corrected chi connectivity index (χ4v) is 3.01. The molecule has 0 unspecified atom stereocenters. The van der Waals surface area contributed by atoms with Crippen molar-refractivity contribution in [2.45, 2.75) is 53.1 Å². The maximum atomic E-state index is 11.5. The van der Waals surface area contributed by atoms with Crippen molar-refractivity contribution in [2.75, 3.05) is 0 Å². The van der Waals surface area contributed by atoms with Gasteiger partial charge in [0, 0.05) is 0 Å². The zero-order valence-corrected chi connectivity index (χ0v) is 12.5. The smallest absolute Gasteiger partial charge is 0.428 e. The van der Waals surface area contributed by atoms with Crippen molar-refractivity contribution in [3.8, 4) is 0 Å². The second-order valence-corrected chi connectivity index (χ2v) is 7.12. The molecule has 0 heterocycles. The van der Waals surface area contributed by atoms with Gasteiger partial charge in [-0.25, -0.2) is 10.2 Å². The normalized spacial score (nSPS) is 28.6. The van der Waals surface area contributed by atoms with Crippen LogP contribution in [-0.4, -0.2) is 17.9 Å². The third kappa shape index (κ3) is 2.99. The monoisotopic (exact) mass is 264 g/mol. The Labute approximate surface area is 115 Å². The molecule has 1 amide bonds. The van der Waals surface area contributed by atoms with Gasteiger partial charge in [-0.1, -0.05) is 19.9 Å². The highest BCUT2D eigenvalue weighted by Gasteiger charge is 2.50. The van der Waals surface area contributed by atoms with Gasteiger partial charge in [0.15, 0.2) is 0 Å². The van der Waals surface area contributed by atoms with E-state index in [1.165, 1.54) is 12.0 Å². The number of ether oxygens (including phenoxy) is 1. The van der Waals surface area contributed by atoms with E-state index >= 15 is 0 Å². The topological polar surface area (TPSA) is 50.7 Å². The highest BCUT2D eigenvalue weighted by Crippen LogP contribution is 2.58. The average molecular weight is 264 g/mol. The first-order chi connectivity index (χ1) is 8.70. The van der Waals surface area contributed by atoms with Gasteiger partial charge in [0.05, 0.1) is 6.21 Å². The van der Waals surface area contributed by atoms with E-state index in [1.807, 2.05) is 20.8 Å². The maximum Gasteiger partial charge on any atom is 0.428 e. The summed E-state index contributed by atoms with van der Waals surface area (Å²) in [5.41, 5.74) is 3.54. The van der Waals surface area contributed by atoms with Crippen molar-refractivity contribution < 1.29 is 9.53 Å². The van der Waals surface area contributed by atoms with Crippen LogP contribution in [0.1, 0.15) is 47.5 Å². The van der Waals surface area contributed by atoms with Crippen LogP contribution in [0.5, 0.6) is 0 Å². The minimum Gasteiger partial charge on any atom is -0.443 e. The van der Waals surface area contributed by atoms with Crippen molar-refractivity contribution in [3.63, 3.8) is 0 Å². The maximum absolute atomic E-state index is 11.5. The Morgan fingerprint density at radius 2 is 2.21 bits per heavy atom. The van der Waals surface area contributed by atoms with Crippen LogP contribution in [0.15, 0.2) is 16.8 Å². The summed E-state index contributed by atoms with van der Waals surface area (Å²) in [5, 5.41) is 4.00. The van der Waals surface area contributed by atoms with Crippen LogP contribution in [0.2, 0.25) is 0 Å². The molecule has 1 fully saturated rings. The third-order valence-corrected chi connectivity index (χ3v) is 4.28. The number of rotatable bonds is 2. The van der Waals surface area contributed by atoms with Crippen LogP contribution in [-0.2, 0) is 4.74 Å². The van der Waals surface area contributed by atoms with Crippen LogP contribution in [0, 0.1) is 17.3 Å². The van der Waals surface area contributed by atoms with Crippen molar-refractivity contribution in [2.24, 2.45) is 22.4 Å². The lowest BCUT2D eigenvalue weighted by molar-refractivity contribution is -0.00127. The molecule has 19 heavy (non-hydrogen) atoms. The lowest BCUT2D eigenvalue weighted by atomic mass is 9.49. The van der Waals surface area contributed by atoms with Crippen LogP contribution in [0.4, 0.5) is 4.79 Å². The van der Waals surface area contributed by atoms with Gasteiger partial charge >= 0.3 is 6.09 Å². The van der Waals surface area contributed by atoms with E-state index in [9.17, 15) is 4.79 Å². The van der Waals surface area contributed by atoms with Gasteiger partial charge in [-0.15, -0.1) is 0 Å². The molecule has 0 aromatic heterocycles. The second-order valence-electron chi connectivity index (χ2n) is 7.12. The summed E-state index contributed by atoms with van der Waals surface area (Å²) in [6.45, 7) is 10.1. The number of nitrogens with zero attached hydrogens (tertiary/aromatic N) is 1. The van der Waals surface area contributed by atoms with Crippen LogP contribution in [0.25, 0.3) is 0 Å². The Morgan fingerprint density at radius 3 is 2.74 bits per heavy atom. The fourth-order valence-electron chi connectivity index (χ4n) is 3.01. The van der Waals surface area contributed by atoms with Gasteiger partial charge < -0.3 is 4.74 Å². The summed E-state index contributed by atoms with van der Waals surface area (Å²) in [6, 6.07) is 0. The van der Waals surface area contributed by atoms with Crippen LogP contribution in [0.3, 0.4) is 0 Å². The second kappa shape index (κ2) is 4.66. The molecule has 1 saturated carbocycles. The molecule has 1 N–H and O–H groups in total. The molecule has 106 valence electrons. The average Bonchev–Trinajstić information content (AvgIpc) is 2.26. The molecule has 0 spiro atoms. The summed E-state index contributed by atoms with van der Waals surface area (Å²) in [5.74, 6) is 1.39. The molecular weight excluding hydrogens is 240 g/mol. The number of hydrogen-bond acceptors (Lipinski definition) is 3. The zero-order chi connectivity index (χ0) is 14.3. The van der Waals surface area contributed by atoms with E-state index < -0.39 is 11.7 Å². The van der Waals surface area contributed by atoms with Gasteiger partial charge in [-0.2, -0.15) is 5.10 Å². The standard InChI is InChI=1S/C15H24N2O2/c1-14(2,3)19-13(18)17-16-9-10-6-7-11-8-12(10)15(11,4)5/h6,9,11-12H,7-8H2,1-5H3,(H,17,18)/t11-,12+/m0/s1. The van der Waals surface area contributed by atoms with Gasteiger partial charge in [-0.3, -0.25) is 0 Å². The number of nitrogens with one attached hydrogen (secondary N) is 1. The number of carbonyl (C=O) groups is 1. The summed E-state index contributed by atoms with van der Waals surface area (Å²) in [7, 11) is 0. The lowest BCUT2D eigenvalue weighted by Gasteiger charge is -2.55. The molecule has 4 nitrogen and oxygen atoms in total. The quantitative estimate of drug-likeness (QED) is 0.613. The zero-order valence-electron chi connectivity index (χ0n) is 12.5. The van der Waals surface area contributed by atoms with Gasteiger partial charge in [0.25, 0.3) is 0 Å². The van der Waals surface area contributed by atoms with Crippen LogP contribution < -0.4 is 5.43 Å². The number of hydrogen-bond donors (Lipinski definition) is 1. The van der Waals surface area contributed by atoms with E-state index in [1.54, 1.807) is 6.21 Å².